The highest BCUT2D eigenvalue weighted by molar-refractivity contribution is 6.35. The average molecular weight is 472 g/mol. The van der Waals surface area contributed by atoms with Crippen LogP contribution in [-0.4, -0.2) is 37.6 Å². The third kappa shape index (κ3) is 6.17. The summed E-state index contributed by atoms with van der Waals surface area (Å²) in [5.74, 6) is 1.41. The van der Waals surface area contributed by atoms with Gasteiger partial charge in [-0.3, -0.25) is 4.79 Å². The molecule has 0 spiro atoms. The van der Waals surface area contributed by atoms with E-state index >= 15 is 0 Å². The van der Waals surface area contributed by atoms with Gasteiger partial charge in [-0.05, 0) is 43.1 Å². The molecule has 1 fully saturated rings. The van der Waals surface area contributed by atoms with Gasteiger partial charge in [-0.15, -0.1) is 0 Å². The maximum atomic E-state index is 11.6. The minimum atomic E-state index is 0.262. The molecule has 0 unspecified atom stereocenters. The molecule has 8 heteroatoms. The van der Waals surface area contributed by atoms with Gasteiger partial charge in [-0.2, -0.15) is 0 Å². The largest absolute Gasteiger partial charge is 0.493 e. The van der Waals surface area contributed by atoms with Gasteiger partial charge in [0.2, 0.25) is 5.91 Å². The van der Waals surface area contributed by atoms with Gasteiger partial charge in [0.15, 0.2) is 11.5 Å². The van der Waals surface area contributed by atoms with E-state index in [1.807, 2.05) is 17.0 Å². The molecule has 1 aliphatic rings. The number of hydrogen-bond acceptors (Lipinski definition) is 4. The van der Waals surface area contributed by atoms with Gasteiger partial charge in [-0.25, -0.2) is 0 Å². The van der Waals surface area contributed by atoms with Crippen molar-refractivity contribution in [3.63, 3.8) is 0 Å². The van der Waals surface area contributed by atoms with E-state index in [2.05, 4.69) is 5.32 Å². The molecule has 5 nitrogen and oxygen atoms in total. The van der Waals surface area contributed by atoms with Crippen LogP contribution in [0.2, 0.25) is 15.1 Å². The zero-order valence-electron chi connectivity index (χ0n) is 16.8. The molecule has 1 heterocycles. The first-order valence-corrected chi connectivity index (χ1v) is 11.0. The molecular formula is C22H25Cl3N2O3. The fraction of sp³-hybridized carbons (Fsp3) is 0.409. The van der Waals surface area contributed by atoms with Gasteiger partial charge in [0.25, 0.3) is 0 Å². The third-order valence-corrected chi connectivity index (χ3v) is 5.94. The highest BCUT2D eigenvalue weighted by Crippen LogP contribution is 2.34. The molecule has 3 rings (SSSR count). The van der Waals surface area contributed by atoms with E-state index in [9.17, 15) is 4.79 Å². The Kier molecular flexibility index (Phi) is 8.51. The summed E-state index contributed by atoms with van der Waals surface area (Å²) >= 11 is 18.6. The molecule has 0 radical (unpaired) electrons. The number of ether oxygens (including phenoxy) is 2. The number of amides is 1. The average Bonchev–Trinajstić information content (AvgIpc) is 3.13. The van der Waals surface area contributed by atoms with E-state index in [-0.39, 0.29) is 12.5 Å². The Hall–Kier alpha value is -1.66. The molecule has 0 aliphatic carbocycles. The number of likely N-dealkylation sites (tertiary alicyclic amines) is 1. The highest BCUT2D eigenvalue weighted by atomic mass is 35.5. The Balaban J connectivity index is 1.53. The molecule has 0 aromatic heterocycles. The summed E-state index contributed by atoms with van der Waals surface area (Å²) in [5.41, 5.74) is 1.74. The zero-order chi connectivity index (χ0) is 21.5. The van der Waals surface area contributed by atoms with E-state index in [4.69, 9.17) is 44.3 Å². The minimum Gasteiger partial charge on any atom is -0.493 e. The van der Waals surface area contributed by atoms with Crippen LogP contribution < -0.4 is 14.8 Å². The molecule has 2 aromatic carbocycles. The molecule has 1 amide bonds. The van der Waals surface area contributed by atoms with Gasteiger partial charge in [0.05, 0.1) is 7.11 Å². The smallest absolute Gasteiger partial charge is 0.222 e. The Labute approximate surface area is 192 Å². The number of hydrogen-bond donors (Lipinski definition) is 1. The van der Waals surface area contributed by atoms with Crippen molar-refractivity contribution in [1.29, 1.82) is 0 Å². The molecular weight excluding hydrogens is 447 g/mol. The first kappa shape index (κ1) is 23.0. The second-order valence-corrected chi connectivity index (χ2v) is 8.38. The van der Waals surface area contributed by atoms with Crippen LogP contribution in [0.1, 0.15) is 30.4 Å². The summed E-state index contributed by atoms with van der Waals surface area (Å²) in [7, 11) is 1.59. The van der Waals surface area contributed by atoms with Crippen LogP contribution >= 0.6 is 34.8 Å². The lowest BCUT2D eigenvalue weighted by Crippen LogP contribution is -2.28. The maximum Gasteiger partial charge on any atom is 0.222 e. The van der Waals surface area contributed by atoms with Crippen LogP contribution in [-0.2, 0) is 17.9 Å². The van der Waals surface area contributed by atoms with Gasteiger partial charge >= 0.3 is 0 Å². The number of methoxy groups -OCH3 is 1. The monoisotopic (exact) mass is 470 g/mol. The maximum absolute atomic E-state index is 11.6. The molecule has 0 atom stereocenters. The lowest BCUT2D eigenvalue weighted by atomic mass is 10.2. The molecule has 1 saturated heterocycles. The van der Waals surface area contributed by atoms with Crippen LogP contribution in [0.15, 0.2) is 30.3 Å². The van der Waals surface area contributed by atoms with Crippen molar-refractivity contribution in [3.8, 4) is 11.5 Å². The summed E-state index contributed by atoms with van der Waals surface area (Å²) in [5, 5.41) is 5.09. The number of rotatable bonds is 10. The Morgan fingerprint density at radius 3 is 2.57 bits per heavy atom. The Bertz CT molecular complexity index is 892. The Morgan fingerprint density at radius 2 is 1.87 bits per heavy atom. The third-order valence-electron chi connectivity index (χ3n) is 5.00. The van der Waals surface area contributed by atoms with Gasteiger partial charge in [0.1, 0.15) is 6.61 Å². The van der Waals surface area contributed by atoms with Crippen LogP contribution in [0.25, 0.3) is 0 Å². The number of carbonyl (C=O) groups is 1. The fourth-order valence-electron chi connectivity index (χ4n) is 3.34. The van der Waals surface area contributed by atoms with Crippen molar-refractivity contribution in [2.45, 2.75) is 32.4 Å². The van der Waals surface area contributed by atoms with Crippen LogP contribution in [0, 0.1) is 0 Å². The van der Waals surface area contributed by atoms with Crippen LogP contribution in [0.3, 0.4) is 0 Å². The second-order valence-electron chi connectivity index (χ2n) is 7.13. The van der Waals surface area contributed by atoms with E-state index in [0.717, 1.165) is 43.6 Å². The van der Waals surface area contributed by atoms with E-state index in [0.29, 0.717) is 39.5 Å². The lowest BCUT2D eigenvalue weighted by molar-refractivity contribution is -0.127. The molecule has 2 aromatic rings. The molecule has 0 saturated carbocycles. The van der Waals surface area contributed by atoms with Gasteiger partial charge in [0, 0.05) is 52.8 Å². The summed E-state index contributed by atoms with van der Waals surface area (Å²) in [4.78, 5) is 13.6. The highest BCUT2D eigenvalue weighted by Gasteiger charge is 2.19. The SMILES string of the molecule is COc1cc(CNCCCN2CCCC2=O)c(Cl)cc1OCc1ccc(Cl)cc1Cl. The zero-order valence-corrected chi connectivity index (χ0v) is 19.1. The molecule has 162 valence electrons. The minimum absolute atomic E-state index is 0.262. The molecule has 0 bridgehead atoms. The number of benzene rings is 2. The summed E-state index contributed by atoms with van der Waals surface area (Å²) < 4.78 is 11.4. The second kappa shape index (κ2) is 11.1. The topological polar surface area (TPSA) is 50.8 Å². The number of halogens is 3. The normalized spacial score (nSPS) is 13.7. The van der Waals surface area contributed by atoms with Gasteiger partial charge in [-0.1, -0.05) is 40.9 Å². The summed E-state index contributed by atoms with van der Waals surface area (Å²) in [6.07, 6.45) is 2.56. The van der Waals surface area contributed by atoms with Crippen LogP contribution in [0.4, 0.5) is 0 Å². The van der Waals surface area contributed by atoms with Crippen molar-refractivity contribution in [3.05, 3.63) is 56.5 Å². The van der Waals surface area contributed by atoms with E-state index in [1.54, 1.807) is 25.3 Å². The Morgan fingerprint density at radius 1 is 1.07 bits per heavy atom. The number of nitrogens with one attached hydrogen (secondary N) is 1. The molecule has 1 N–H and O–H groups in total. The summed E-state index contributed by atoms with van der Waals surface area (Å²) in [6, 6.07) is 8.90. The van der Waals surface area contributed by atoms with Crippen molar-refractivity contribution in [2.75, 3.05) is 26.7 Å². The predicted octanol–water partition coefficient (Wildman–Crippen LogP) is 5.34. The van der Waals surface area contributed by atoms with E-state index < -0.39 is 0 Å². The quantitative estimate of drug-likeness (QED) is 0.475. The summed E-state index contributed by atoms with van der Waals surface area (Å²) in [6.45, 7) is 3.35. The van der Waals surface area contributed by atoms with Crippen LogP contribution in [0.5, 0.6) is 11.5 Å². The van der Waals surface area contributed by atoms with Crippen molar-refractivity contribution < 1.29 is 14.3 Å². The molecule has 30 heavy (non-hydrogen) atoms. The first-order chi connectivity index (χ1) is 14.5. The van der Waals surface area contributed by atoms with Crippen molar-refractivity contribution in [2.24, 2.45) is 0 Å². The molecule has 1 aliphatic heterocycles. The fourth-order valence-corrected chi connectivity index (χ4v) is 4.02. The number of nitrogens with zero attached hydrogens (tertiary/aromatic N) is 1. The number of carbonyl (C=O) groups excluding carboxylic acids is 1. The predicted molar refractivity (Wildman–Crippen MR) is 121 cm³/mol. The first-order valence-electron chi connectivity index (χ1n) is 9.89. The van der Waals surface area contributed by atoms with E-state index in [1.165, 1.54) is 0 Å². The standard InChI is InChI=1S/C22H25Cl3N2O3/c1-29-20-10-16(13-26-7-3-9-27-8-2-4-22(27)28)19(25)12-21(20)30-14-15-5-6-17(23)11-18(15)24/h5-6,10-12,26H,2-4,7-9,13-14H2,1H3. The van der Waals surface area contributed by atoms with Crippen molar-refractivity contribution in [1.82, 2.24) is 10.2 Å². The van der Waals surface area contributed by atoms with Gasteiger partial charge < -0.3 is 19.7 Å². The van der Waals surface area contributed by atoms with Crippen molar-refractivity contribution >= 4 is 40.7 Å². The lowest BCUT2D eigenvalue weighted by Gasteiger charge is -2.16.